The van der Waals surface area contributed by atoms with Crippen LogP contribution in [-0.2, 0) is 4.79 Å². The summed E-state index contributed by atoms with van der Waals surface area (Å²) in [6, 6.07) is 0.852. The summed E-state index contributed by atoms with van der Waals surface area (Å²) in [6.07, 6.45) is 0.680. The van der Waals surface area contributed by atoms with Gasteiger partial charge in [0.15, 0.2) is 0 Å². The Kier molecular flexibility index (Phi) is 3.93. The van der Waals surface area contributed by atoms with Crippen LogP contribution in [0.5, 0.6) is 0 Å². The first-order valence-corrected chi connectivity index (χ1v) is 5.53. The molecule has 1 N–H and O–H groups in total. The van der Waals surface area contributed by atoms with Gasteiger partial charge >= 0.3 is 0 Å². The molecule has 14 heavy (non-hydrogen) atoms. The average Bonchev–Trinajstić information content (AvgIpc) is 2.00. The molecule has 1 aliphatic heterocycles. The Labute approximate surface area is 86.9 Å². The molecule has 1 amide bonds. The third-order valence-corrected chi connectivity index (χ3v) is 2.49. The number of carbonyl (C=O) groups is 1. The van der Waals surface area contributed by atoms with Crippen molar-refractivity contribution in [3.8, 4) is 0 Å². The van der Waals surface area contributed by atoms with Crippen molar-refractivity contribution < 1.29 is 4.79 Å². The molecule has 3 nitrogen and oxygen atoms in total. The molecule has 0 bridgehead atoms. The van der Waals surface area contributed by atoms with Gasteiger partial charge in [0.25, 0.3) is 0 Å². The maximum absolute atomic E-state index is 11.8. The van der Waals surface area contributed by atoms with Crippen LogP contribution in [0.4, 0.5) is 0 Å². The highest BCUT2D eigenvalue weighted by molar-refractivity contribution is 5.76. The number of carbonyl (C=O) groups excluding carboxylic acids is 1. The van der Waals surface area contributed by atoms with Gasteiger partial charge in [-0.3, -0.25) is 4.79 Å². The highest BCUT2D eigenvalue weighted by atomic mass is 16.2. The number of hydrogen-bond donors (Lipinski definition) is 1. The lowest BCUT2D eigenvalue weighted by atomic mass is 10.1. The molecule has 0 spiro atoms. The maximum Gasteiger partial charge on any atom is 0.222 e. The normalized spacial score (nSPS) is 28.2. The molecule has 0 saturated carbocycles. The van der Waals surface area contributed by atoms with Gasteiger partial charge in [0.05, 0.1) is 0 Å². The fraction of sp³-hybridized carbons (Fsp3) is 0.909. The van der Waals surface area contributed by atoms with Crippen molar-refractivity contribution >= 4 is 5.91 Å². The first kappa shape index (κ1) is 11.5. The minimum atomic E-state index is 0.306. The summed E-state index contributed by atoms with van der Waals surface area (Å²) in [5.74, 6) is 0.767. The number of rotatable bonds is 2. The number of nitrogens with zero attached hydrogens (tertiary/aromatic N) is 1. The van der Waals surface area contributed by atoms with E-state index in [4.69, 9.17) is 0 Å². The summed E-state index contributed by atoms with van der Waals surface area (Å²) in [5, 5.41) is 3.42. The van der Waals surface area contributed by atoms with E-state index in [-0.39, 0.29) is 0 Å². The lowest BCUT2D eigenvalue weighted by Crippen LogP contribution is -2.55. The topological polar surface area (TPSA) is 32.3 Å². The van der Waals surface area contributed by atoms with Crippen molar-refractivity contribution in [2.24, 2.45) is 5.92 Å². The molecule has 0 radical (unpaired) electrons. The molecule has 0 aromatic heterocycles. The first-order chi connectivity index (χ1) is 6.49. The van der Waals surface area contributed by atoms with E-state index in [0.29, 0.717) is 30.3 Å². The molecule has 2 atom stereocenters. The summed E-state index contributed by atoms with van der Waals surface area (Å²) in [4.78, 5) is 13.8. The van der Waals surface area contributed by atoms with Gasteiger partial charge in [-0.2, -0.15) is 0 Å². The van der Waals surface area contributed by atoms with Crippen LogP contribution in [0.2, 0.25) is 0 Å². The monoisotopic (exact) mass is 198 g/mol. The summed E-state index contributed by atoms with van der Waals surface area (Å²) in [7, 11) is 0. The molecule has 1 aliphatic rings. The molecule has 1 heterocycles. The molecule has 82 valence electrons. The Balaban J connectivity index is 2.46. The fourth-order valence-electron chi connectivity index (χ4n) is 2.01. The zero-order valence-electron chi connectivity index (χ0n) is 9.71. The molecule has 2 unspecified atom stereocenters. The van der Waals surface area contributed by atoms with Crippen LogP contribution < -0.4 is 5.32 Å². The average molecular weight is 198 g/mol. The van der Waals surface area contributed by atoms with Crippen LogP contribution in [0.15, 0.2) is 0 Å². The second-order valence-corrected chi connectivity index (χ2v) is 4.87. The SMILES string of the molecule is CC(C)CC(=O)N1CC(C)NC(C)C1. The third kappa shape index (κ3) is 3.29. The minimum Gasteiger partial charge on any atom is -0.340 e. The third-order valence-electron chi connectivity index (χ3n) is 2.49. The Bertz CT molecular complexity index is 193. The molecule has 1 saturated heterocycles. The van der Waals surface area contributed by atoms with E-state index >= 15 is 0 Å². The molecule has 0 aliphatic carbocycles. The van der Waals surface area contributed by atoms with Crippen LogP contribution in [0, 0.1) is 5.92 Å². The Hall–Kier alpha value is -0.570. The summed E-state index contributed by atoms with van der Waals surface area (Å²) < 4.78 is 0. The van der Waals surface area contributed by atoms with Gasteiger partial charge < -0.3 is 10.2 Å². The van der Waals surface area contributed by atoms with Crippen molar-refractivity contribution in [3.63, 3.8) is 0 Å². The Morgan fingerprint density at radius 2 is 1.86 bits per heavy atom. The van der Waals surface area contributed by atoms with E-state index < -0.39 is 0 Å². The summed E-state index contributed by atoms with van der Waals surface area (Å²) >= 11 is 0. The quantitative estimate of drug-likeness (QED) is 0.724. The fourth-order valence-corrected chi connectivity index (χ4v) is 2.01. The highest BCUT2D eigenvalue weighted by Crippen LogP contribution is 2.09. The van der Waals surface area contributed by atoms with Gasteiger partial charge in [-0.1, -0.05) is 13.8 Å². The summed E-state index contributed by atoms with van der Waals surface area (Å²) in [6.45, 7) is 10.2. The van der Waals surface area contributed by atoms with E-state index in [1.807, 2.05) is 4.90 Å². The number of nitrogens with one attached hydrogen (secondary N) is 1. The lowest BCUT2D eigenvalue weighted by molar-refractivity contribution is -0.133. The number of hydrogen-bond acceptors (Lipinski definition) is 2. The zero-order valence-corrected chi connectivity index (χ0v) is 9.71. The van der Waals surface area contributed by atoms with Crippen molar-refractivity contribution in [2.75, 3.05) is 13.1 Å². The predicted molar refractivity (Wildman–Crippen MR) is 58.1 cm³/mol. The molecule has 3 heteroatoms. The zero-order chi connectivity index (χ0) is 10.7. The maximum atomic E-state index is 11.8. The number of amides is 1. The summed E-state index contributed by atoms with van der Waals surface area (Å²) in [5.41, 5.74) is 0. The van der Waals surface area contributed by atoms with Crippen molar-refractivity contribution in [1.29, 1.82) is 0 Å². The number of piperazine rings is 1. The van der Waals surface area contributed by atoms with Crippen molar-refractivity contribution in [1.82, 2.24) is 10.2 Å². The molecule has 0 aromatic carbocycles. The Morgan fingerprint density at radius 3 is 2.29 bits per heavy atom. The van der Waals surface area contributed by atoms with E-state index in [0.717, 1.165) is 13.1 Å². The minimum absolute atomic E-state index is 0.306. The predicted octanol–water partition coefficient (Wildman–Crippen LogP) is 1.24. The van der Waals surface area contributed by atoms with Gasteiger partial charge in [0, 0.05) is 31.6 Å². The van der Waals surface area contributed by atoms with Gasteiger partial charge in [-0.05, 0) is 19.8 Å². The van der Waals surface area contributed by atoms with Crippen LogP contribution in [0.3, 0.4) is 0 Å². The van der Waals surface area contributed by atoms with Gasteiger partial charge in [-0.25, -0.2) is 0 Å². The second kappa shape index (κ2) is 4.78. The van der Waals surface area contributed by atoms with E-state index in [9.17, 15) is 4.79 Å². The van der Waals surface area contributed by atoms with Crippen LogP contribution in [0.1, 0.15) is 34.1 Å². The van der Waals surface area contributed by atoms with Crippen molar-refractivity contribution in [2.45, 2.75) is 46.2 Å². The Morgan fingerprint density at radius 1 is 1.36 bits per heavy atom. The van der Waals surface area contributed by atoms with E-state index in [1.54, 1.807) is 0 Å². The largest absolute Gasteiger partial charge is 0.340 e. The molecular weight excluding hydrogens is 176 g/mol. The lowest BCUT2D eigenvalue weighted by Gasteiger charge is -2.36. The van der Waals surface area contributed by atoms with Gasteiger partial charge in [0.2, 0.25) is 5.91 Å². The molecular formula is C11H22N2O. The van der Waals surface area contributed by atoms with Crippen LogP contribution in [0.25, 0.3) is 0 Å². The smallest absolute Gasteiger partial charge is 0.222 e. The van der Waals surface area contributed by atoms with Crippen LogP contribution >= 0.6 is 0 Å². The molecule has 1 rings (SSSR count). The van der Waals surface area contributed by atoms with Crippen molar-refractivity contribution in [3.05, 3.63) is 0 Å². The van der Waals surface area contributed by atoms with E-state index in [2.05, 4.69) is 33.0 Å². The van der Waals surface area contributed by atoms with Crippen LogP contribution in [-0.4, -0.2) is 36.0 Å². The van der Waals surface area contributed by atoms with E-state index in [1.165, 1.54) is 0 Å². The first-order valence-electron chi connectivity index (χ1n) is 5.53. The standard InChI is InChI=1S/C11H22N2O/c1-8(2)5-11(14)13-6-9(3)12-10(4)7-13/h8-10,12H,5-7H2,1-4H3. The van der Waals surface area contributed by atoms with Gasteiger partial charge in [-0.15, -0.1) is 0 Å². The molecule has 0 aromatic rings. The van der Waals surface area contributed by atoms with Gasteiger partial charge in [0.1, 0.15) is 0 Å². The second-order valence-electron chi connectivity index (χ2n) is 4.87. The molecule has 1 fully saturated rings. The highest BCUT2D eigenvalue weighted by Gasteiger charge is 2.24.